The first-order valence-corrected chi connectivity index (χ1v) is 10.3. The molecule has 0 saturated heterocycles. The minimum atomic E-state index is -4.14. The molecule has 2 aromatic rings. The summed E-state index contributed by atoms with van der Waals surface area (Å²) in [5, 5.41) is 1.77. The van der Waals surface area contributed by atoms with Crippen LogP contribution in [0.2, 0.25) is 0 Å². The smallest absolute Gasteiger partial charge is 0.341 e. The Bertz CT molecular complexity index is 1040. The first-order valence-electron chi connectivity index (χ1n) is 7.98. The molecule has 2 heterocycles. The lowest BCUT2D eigenvalue weighted by molar-refractivity contribution is -0.139. The average molecular weight is 405 g/mol. The van der Waals surface area contributed by atoms with Crippen LogP contribution in [0.15, 0.2) is 52.2 Å². The van der Waals surface area contributed by atoms with Gasteiger partial charge in [0.2, 0.25) is 0 Å². The molecule has 0 spiro atoms. The predicted octanol–water partition coefficient (Wildman–Crippen LogP) is 2.11. The number of nitrogens with zero attached hydrogens (tertiary/aromatic N) is 1. The second kappa shape index (κ2) is 7.45. The van der Waals surface area contributed by atoms with E-state index in [0.29, 0.717) is 9.18 Å². The molecular weight excluding hydrogens is 390 g/mol. The zero-order chi connectivity index (χ0) is 19.6. The van der Waals surface area contributed by atoms with E-state index in [1.165, 1.54) is 41.7 Å². The van der Waals surface area contributed by atoms with Gasteiger partial charge in [0.05, 0.1) is 12.2 Å². The average Bonchev–Trinajstić information content (AvgIpc) is 3.22. The Morgan fingerprint density at radius 1 is 1.19 bits per heavy atom. The Labute approximate surface area is 159 Å². The van der Waals surface area contributed by atoms with Crippen molar-refractivity contribution in [3.8, 4) is 0 Å². The van der Waals surface area contributed by atoms with Crippen molar-refractivity contribution in [1.82, 2.24) is 4.31 Å². The maximum Gasteiger partial charge on any atom is 0.341 e. The zero-order valence-electron chi connectivity index (χ0n) is 14.2. The molecule has 1 aromatic carbocycles. The molecular formula is C18H15NO6S2. The maximum absolute atomic E-state index is 12.7. The number of sulfonamides is 1. The van der Waals surface area contributed by atoms with Gasteiger partial charge in [-0.2, -0.15) is 0 Å². The molecule has 1 amide bonds. The highest BCUT2D eigenvalue weighted by atomic mass is 32.2. The Morgan fingerprint density at radius 2 is 1.93 bits per heavy atom. The molecule has 0 fully saturated rings. The van der Waals surface area contributed by atoms with E-state index in [1.54, 1.807) is 24.4 Å². The molecule has 0 bridgehead atoms. The van der Waals surface area contributed by atoms with Gasteiger partial charge < -0.3 is 4.74 Å². The second-order valence-corrected chi connectivity index (χ2v) is 8.34. The molecule has 27 heavy (non-hydrogen) atoms. The minimum absolute atomic E-state index is 0.00483. The van der Waals surface area contributed by atoms with E-state index in [4.69, 9.17) is 4.74 Å². The minimum Gasteiger partial charge on any atom is -0.462 e. The summed E-state index contributed by atoms with van der Waals surface area (Å²) in [5.41, 5.74) is -0.302. The monoisotopic (exact) mass is 405 g/mol. The number of Topliss-reactive ketones (excluding diaryl/α,β-unsaturated/α-hetero) is 1. The molecule has 0 N–H and O–H groups in total. The number of benzene rings is 1. The Morgan fingerprint density at radius 3 is 2.56 bits per heavy atom. The summed E-state index contributed by atoms with van der Waals surface area (Å²) in [6, 6.07) is 9.17. The fourth-order valence-corrected chi connectivity index (χ4v) is 4.76. The number of thiophene rings is 1. The van der Waals surface area contributed by atoms with Crippen molar-refractivity contribution in [2.75, 3.05) is 13.2 Å². The standard InChI is InChI=1S/C18H15NO6S2/c1-2-25-18(22)14(10-12-6-5-9-26-12)15(20)11-19-17(21)13-7-3-4-8-16(13)27(19,23)24/h3-10H,2,11H2,1H3/b14-10-. The molecule has 3 rings (SSSR count). The quantitative estimate of drug-likeness (QED) is 0.316. The van der Waals surface area contributed by atoms with Gasteiger partial charge in [0.25, 0.3) is 15.9 Å². The molecule has 0 atom stereocenters. The summed E-state index contributed by atoms with van der Waals surface area (Å²) in [5.74, 6) is -2.47. The van der Waals surface area contributed by atoms with Crippen molar-refractivity contribution >= 4 is 45.1 Å². The van der Waals surface area contributed by atoms with Crippen LogP contribution in [0.5, 0.6) is 0 Å². The molecule has 1 aliphatic rings. The van der Waals surface area contributed by atoms with Crippen molar-refractivity contribution in [2.24, 2.45) is 0 Å². The largest absolute Gasteiger partial charge is 0.462 e. The van der Waals surface area contributed by atoms with Crippen LogP contribution in [0.25, 0.3) is 6.08 Å². The molecule has 0 unspecified atom stereocenters. The number of rotatable bonds is 6. The molecule has 0 aliphatic carbocycles. The topological polar surface area (TPSA) is 97.8 Å². The predicted molar refractivity (Wildman–Crippen MR) is 98.6 cm³/mol. The number of fused-ring (bicyclic) bond motifs is 1. The molecule has 1 aliphatic heterocycles. The lowest BCUT2D eigenvalue weighted by Gasteiger charge is -2.15. The molecule has 1 aromatic heterocycles. The van der Waals surface area contributed by atoms with Gasteiger partial charge in [0.1, 0.15) is 17.0 Å². The van der Waals surface area contributed by atoms with Crippen LogP contribution < -0.4 is 0 Å². The van der Waals surface area contributed by atoms with Crippen LogP contribution in [0.4, 0.5) is 0 Å². The fraction of sp³-hybridized carbons (Fsp3) is 0.167. The first-order chi connectivity index (χ1) is 12.9. The zero-order valence-corrected chi connectivity index (χ0v) is 15.9. The van der Waals surface area contributed by atoms with E-state index in [-0.39, 0.29) is 22.6 Å². The van der Waals surface area contributed by atoms with Crippen molar-refractivity contribution in [3.63, 3.8) is 0 Å². The van der Waals surface area contributed by atoms with Crippen molar-refractivity contribution < 1.29 is 27.5 Å². The van der Waals surface area contributed by atoms with E-state index in [0.717, 1.165) is 0 Å². The normalized spacial score (nSPS) is 15.5. The van der Waals surface area contributed by atoms with E-state index >= 15 is 0 Å². The van der Waals surface area contributed by atoms with E-state index < -0.39 is 34.2 Å². The highest BCUT2D eigenvalue weighted by Gasteiger charge is 2.42. The van der Waals surface area contributed by atoms with Crippen LogP contribution in [0.3, 0.4) is 0 Å². The summed E-state index contributed by atoms with van der Waals surface area (Å²) in [7, 11) is -4.14. The van der Waals surface area contributed by atoms with Gasteiger partial charge in [0, 0.05) is 4.88 Å². The van der Waals surface area contributed by atoms with Crippen LogP contribution in [0.1, 0.15) is 22.2 Å². The summed E-state index contributed by atoms with van der Waals surface area (Å²) in [6.07, 6.45) is 1.34. The lowest BCUT2D eigenvalue weighted by atomic mass is 10.1. The molecule has 140 valence electrons. The number of ketones is 1. The Hall–Kier alpha value is -2.78. The third-order valence-electron chi connectivity index (χ3n) is 3.82. The fourth-order valence-electron chi connectivity index (χ4n) is 2.58. The van der Waals surface area contributed by atoms with E-state index in [2.05, 4.69) is 0 Å². The van der Waals surface area contributed by atoms with Gasteiger partial charge in [-0.3, -0.25) is 9.59 Å². The SMILES string of the molecule is CCOC(=O)/C(=C\c1cccs1)C(=O)CN1C(=O)c2ccccc2S1(=O)=O. The highest BCUT2D eigenvalue weighted by Crippen LogP contribution is 2.30. The summed E-state index contributed by atoms with van der Waals surface area (Å²) >= 11 is 1.30. The van der Waals surface area contributed by atoms with Crippen molar-refractivity contribution in [2.45, 2.75) is 11.8 Å². The van der Waals surface area contributed by atoms with Gasteiger partial charge >= 0.3 is 5.97 Å². The Balaban J connectivity index is 1.93. The number of hydrogen-bond donors (Lipinski definition) is 0. The van der Waals surface area contributed by atoms with E-state index in [9.17, 15) is 22.8 Å². The molecule has 0 saturated carbocycles. The maximum atomic E-state index is 12.7. The number of carbonyl (C=O) groups is 3. The Kier molecular flexibility index (Phi) is 5.24. The molecule has 0 radical (unpaired) electrons. The lowest BCUT2D eigenvalue weighted by Crippen LogP contribution is -2.36. The van der Waals surface area contributed by atoms with Crippen LogP contribution >= 0.6 is 11.3 Å². The summed E-state index contributed by atoms with van der Waals surface area (Å²) in [6.45, 7) is 0.877. The van der Waals surface area contributed by atoms with Gasteiger partial charge in [-0.1, -0.05) is 18.2 Å². The third-order valence-corrected chi connectivity index (χ3v) is 6.43. The number of ether oxygens (including phenoxy) is 1. The van der Waals surface area contributed by atoms with Gasteiger partial charge in [-0.15, -0.1) is 11.3 Å². The molecule has 9 heteroatoms. The van der Waals surface area contributed by atoms with Crippen LogP contribution in [0, 0.1) is 0 Å². The highest BCUT2D eigenvalue weighted by molar-refractivity contribution is 7.90. The van der Waals surface area contributed by atoms with Crippen molar-refractivity contribution in [3.05, 3.63) is 57.8 Å². The summed E-state index contributed by atoms with van der Waals surface area (Å²) < 4.78 is 30.6. The van der Waals surface area contributed by atoms with Crippen LogP contribution in [-0.4, -0.2) is 43.5 Å². The number of carbonyl (C=O) groups excluding carboxylic acids is 3. The second-order valence-electron chi connectivity index (χ2n) is 5.53. The first kappa shape index (κ1) is 19.0. The van der Waals surface area contributed by atoms with E-state index in [1.807, 2.05) is 0 Å². The van der Waals surface area contributed by atoms with Gasteiger partial charge in [-0.05, 0) is 36.6 Å². The third kappa shape index (κ3) is 3.56. The molecule has 7 nitrogen and oxygen atoms in total. The number of amides is 1. The van der Waals surface area contributed by atoms with Gasteiger partial charge in [0.15, 0.2) is 5.78 Å². The van der Waals surface area contributed by atoms with Gasteiger partial charge in [-0.25, -0.2) is 17.5 Å². The number of esters is 1. The van der Waals surface area contributed by atoms with Crippen molar-refractivity contribution in [1.29, 1.82) is 0 Å². The summed E-state index contributed by atoms with van der Waals surface area (Å²) in [4.78, 5) is 37.8. The van der Waals surface area contributed by atoms with Crippen LogP contribution in [-0.2, 0) is 24.3 Å². The number of hydrogen-bond acceptors (Lipinski definition) is 7.